The number of allylic oxidation sites excluding steroid dienone is 1. The highest BCUT2D eigenvalue weighted by atomic mass is 35.5. The number of fused-ring (bicyclic) bond motifs is 1. The van der Waals surface area contributed by atoms with Gasteiger partial charge >= 0.3 is 5.97 Å². The van der Waals surface area contributed by atoms with Crippen molar-refractivity contribution in [3.63, 3.8) is 0 Å². The molecule has 2 aromatic carbocycles. The van der Waals surface area contributed by atoms with Crippen LogP contribution in [0.25, 0.3) is 6.08 Å². The van der Waals surface area contributed by atoms with Crippen molar-refractivity contribution in [2.24, 2.45) is 10.9 Å². The van der Waals surface area contributed by atoms with Crippen LogP contribution in [0.3, 0.4) is 0 Å². The van der Waals surface area contributed by atoms with Gasteiger partial charge in [-0.25, -0.2) is 9.79 Å². The first kappa shape index (κ1) is 29.1. The van der Waals surface area contributed by atoms with E-state index in [2.05, 4.69) is 11.9 Å². The zero-order chi connectivity index (χ0) is 28.1. The zero-order valence-corrected chi connectivity index (χ0v) is 24.8. The molecule has 4 rings (SSSR count). The standard InChI is InChI=1S/C30H32Cl2N2O4S/c1-5-6-7-14-37-23-12-9-20(10-13-23)27-26(29(36)38-17-18(2)3)19(4)33-30-34(27)28(35)25(39-30)15-21-8-11-22(31)16-24(21)32/h8-13,15-16,18,27H,5-7,14,17H2,1-4H3. The molecular formula is C30H32Cl2N2O4S. The molecule has 0 aliphatic carbocycles. The summed E-state index contributed by atoms with van der Waals surface area (Å²) in [5.74, 6) is 0.428. The number of ether oxygens (including phenoxy) is 2. The SMILES string of the molecule is CCCCCOc1ccc(C2C(C(=O)OCC(C)C)=C(C)N=c3sc(=Cc4ccc(Cl)cc4Cl)c(=O)n32)cc1. The van der Waals surface area contributed by atoms with Crippen LogP contribution in [0.1, 0.15) is 64.1 Å². The molecule has 206 valence electrons. The van der Waals surface area contributed by atoms with Gasteiger partial charge in [0.2, 0.25) is 0 Å². The Morgan fingerprint density at radius 2 is 1.90 bits per heavy atom. The summed E-state index contributed by atoms with van der Waals surface area (Å²) in [5.41, 5.74) is 2.02. The molecule has 0 spiro atoms. The Morgan fingerprint density at radius 1 is 1.15 bits per heavy atom. The number of nitrogens with zero attached hydrogens (tertiary/aromatic N) is 2. The van der Waals surface area contributed by atoms with Crippen molar-refractivity contribution in [2.45, 2.75) is 53.0 Å². The van der Waals surface area contributed by atoms with Crippen LogP contribution in [0, 0.1) is 5.92 Å². The summed E-state index contributed by atoms with van der Waals surface area (Å²) in [6.07, 6.45) is 4.95. The van der Waals surface area contributed by atoms with Gasteiger partial charge in [0, 0.05) is 10.0 Å². The Labute approximate surface area is 242 Å². The van der Waals surface area contributed by atoms with Crippen molar-refractivity contribution in [2.75, 3.05) is 13.2 Å². The van der Waals surface area contributed by atoms with Crippen molar-refractivity contribution >= 4 is 46.6 Å². The van der Waals surface area contributed by atoms with Crippen LogP contribution in [0.15, 0.2) is 63.5 Å². The molecule has 1 atom stereocenters. The fourth-order valence-electron chi connectivity index (χ4n) is 4.27. The molecule has 0 N–H and O–H groups in total. The van der Waals surface area contributed by atoms with Gasteiger partial charge in [-0.2, -0.15) is 0 Å². The van der Waals surface area contributed by atoms with Crippen molar-refractivity contribution in [3.05, 3.63) is 94.6 Å². The Kier molecular flexibility index (Phi) is 9.70. The highest BCUT2D eigenvalue weighted by Crippen LogP contribution is 2.32. The quantitative estimate of drug-likeness (QED) is 0.206. The maximum absolute atomic E-state index is 13.8. The van der Waals surface area contributed by atoms with Crippen LogP contribution in [-0.4, -0.2) is 23.8 Å². The smallest absolute Gasteiger partial charge is 0.338 e. The van der Waals surface area contributed by atoms with E-state index < -0.39 is 12.0 Å². The topological polar surface area (TPSA) is 69.9 Å². The number of rotatable bonds is 10. The summed E-state index contributed by atoms with van der Waals surface area (Å²) < 4.78 is 13.5. The monoisotopic (exact) mass is 586 g/mol. The molecule has 0 bridgehead atoms. The van der Waals surface area contributed by atoms with Gasteiger partial charge in [0.1, 0.15) is 5.75 Å². The average Bonchev–Trinajstić information content (AvgIpc) is 3.20. The molecule has 0 fully saturated rings. The Morgan fingerprint density at radius 3 is 2.56 bits per heavy atom. The molecule has 0 saturated carbocycles. The van der Waals surface area contributed by atoms with Gasteiger partial charge in [0.05, 0.1) is 35.1 Å². The molecule has 1 aliphatic rings. The minimum absolute atomic E-state index is 0.169. The third-order valence-corrected chi connectivity index (χ3v) is 7.80. The predicted octanol–water partition coefficient (Wildman–Crippen LogP) is 6.31. The van der Waals surface area contributed by atoms with Crippen LogP contribution in [0.2, 0.25) is 10.0 Å². The number of halogens is 2. The van der Waals surface area contributed by atoms with E-state index in [1.165, 1.54) is 11.3 Å². The van der Waals surface area contributed by atoms with E-state index in [-0.39, 0.29) is 18.1 Å². The molecule has 9 heteroatoms. The van der Waals surface area contributed by atoms with Gasteiger partial charge in [0.25, 0.3) is 5.56 Å². The molecule has 0 radical (unpaired) electrons. The Bertz CT molecular complexity index is 1550. The van der Waals surface area contributed by atoms with Crippen LogP contribution < -0.4 is 19.6 Å². The summed E-state index contributed by atoms with van der Waals surface area (Å²) in [6.45, 7) is 8.79. The second-order valence-electron chi connectivity index (χ2n) is 9.86. The first-order valence-corrected chi connectivity index (χ1v) is 14.6. The van der Waals surface area contributed by atoms with Gasteiger partial charge in [0.15, 0.2) is 4.80 Å². The summed E-state index contributed by atoms with van der Waals surface area (Å²) in [6, 6.07) is 11.9. The lowest BCUT2D eigenvalue weighted by Crippen LogP contribution is -2.40. The van der Waals surface area contributed by atoms with Crippen molar-refractivity contribution in [3.8, 4) is 5.75 Å². The molecule has 1 aromatic heterocycles. The third kappa shape index (κ3) is 6.83. The first-order chi connectivity index (χ1) is 18.7. The summed E-state index contributed by atoms with van der Waals surface area (Å²) in [7, 11) is 0. The number of hydrogen-bond acceptors (Lipinski definition) is 6. The molecule has 0 saturated heterocycles. The molecule has 39 heavy (non-hydrogen) atoms. The number of carbonyl (C=O) groups is 1. The van der Waals surface area contributed by atoms with E-state index in [4.69, 9.17) is 32.7 Å². The number of unbranched alkanes of at least 4 members (excludes halogenated alkanes) is 2. The number of carbonyl (C=O) groups excluding carboxylic acids is 1. The number of aromatic nitrogens is 1. The molecule has 1 unspecified atom stereocenters. The maximum atomic E-state index is 13.8. The zero-order valence-electron chi connectivity index (χ0n) is 22.5. The predicted molar refractivity (Wildman–Crippen MR) is 157 cm³/mol. The molecule has 0 amide bonds. The minimum Gasteiger partial charge on any atom is -0.494 e. The normalized spacial score (nSPS) is 15.4. The first-order valence-electron chi connectivity index (χ1n) is 13.1. The van der Waals surface area contributed by atoms with Crippen LogP contribution in [-0.2, 0) is 9.53 Å². The molecular weight excluding hydrogens is 555 g/mol. The number of esters is 1. The van der Waals surface area contributed by atoms with E-state index in [1.807, 2.05) is 38.1 Å². The van der Waals surface area contributed by atoms with Crippen molar-refractivity contribution in [1.29, 1.82) is 0 Å². The van der Waals surface area contributed by atoms with E-state index in [1.54, 1.807) is 35.8 Å². The lowest BCUT2D eigenvalue weighted by molar-refractivity contribution is -0.140. The third-order valence-electron chi connectivity index (χ3n) is 6.25. The van der Waals surface area contributed by atoms with Gasteiger partial charge < -0.3 is 9.47 Å². The second kappa shape index (κ2) is 13.0. The molecule has 1 aliphatic heterocycles. The fraction of sp³-hybridized carbons (Fsp3) is 0.367. The molecule has 6 nitrogen and oxygen atoms in total. The lowest BCUT2D eigenvalue weighted by Gasteiger charge is -2.25. The summed E-state index contributed by atoms with van der Waals surface area (Å²) in [5, 5.41) is 0.949. The number of hydrogen-bond donors (Lipinski definition) is 0. The van der Waals surface area contributed by atoms with E-state index in [0.717, 1.165) is 30.6 Å². The van der Waals surface area contributed by atoms with Gasteiger partial charge in [-0.3, -0.25) is 9.36 Å². The second-order valence-corrected chi connectivity index (χ2v) is 11.7. The lowest BCUT2D eigenvalue weighted by atomic mass is 9.96. The van der Waals surface area contributed by atoms with E-state index >= 15 is 0 Å². The van der Waals surface area contributed by atoms with Crippen molar-refractivity contribution in [1.82, 2.24) is 4.57 Å². The maximum Gasteiger partial charge on any atom is 0.338 e. The van der Waals surface area contributed by atoms with Crippen molar-refractivity contribution < 1.29 is 14.3 Å². The van der Waals surface area contributed by atoms with Gasteiger partial charge in [-0.05, 0) is 60.7 Å². The van der Waals surface area contributed by atoms with Crippen LogP contribution in [0.5, 0.6) is 5.75 Å². The van der Waals surface area contributed by atoms with E-state index in [9.17, 15) is 9.59 Å². The molecule has 2 heterocycles. The highest BCUT2D eigenvalue weighted by Gasteiger charge is 2.33. The minimum atomic E-state index is -0.696. The number of thiazole rings is 1. The van der Waals surface area contributed by atoms with E-state index in [0.29, 0.717) is 42.8 Å². The van der Waals surface area contributed by atoms with Crippen LogP contribution in [0.4, 0.5) is 0 Å². The fourth-order valence-corrected chi connectivity index (χ4v) is 5.77. The average molecular weight is 588 g/mol. The largest absolute Gasteiger partial charge is 0.494 e. The molecule has 3 aromatic rings. The number of benzene rings is 2. The van der Waals surface area contributed by atoms with Gasteiger partial charge in [-0.15, -0.1) is 0 Å². The van der Waals surface area contributed by atoms with Gasteiger partial charge in [-0.1, -0.05) is 86.4 Å². The Balaban J connectivity index is 1.80. The van der Waals surface area contributed by atoms with Crippen LogP contribution >= 0.6 is 34.5 Å². The summed E-state index contributed by atoms with van der Waals surface area (Å²) >= 11 is 13.7. The highest BCUT2D eigenvalue weighted by molar-refractivity contribution is 7.07. The summed E-state index contributed by atoms with van der Waals surface area (Å²) in [4.78, 5) is 32.3. The Hall–Kier alpha value is -2.87.